The fourth-order valence-corrected chi connectivity index (χ4v) is 2.09. The van der Waals surface area contributed by atoms with Crippen molar-refractivity contribution < 1.29 is 4.79 Å². The van der Waals surface area contributed by atoms with Crippen LogP contribution in [0.5, 0.6) is 0 Å². The summed E-state index contributed by atoms with van der Waals surface area (Å²) in [6.07, 6.45) is 1.45. The van der Waals surface area contributed by atoms with Gasteiger partial charge in [-0.2, -0.15) is 0 Å². The maximum Gasteiger partial charge on any atom is 0.213 e. The van der Waals surface area contributed by atoms with Gasteiger partial charge in [0.25, 0.3) is 0 Å². The van der Waals surface area contributed by atoms with Gasteiger partial charge in [0.05, 0.1) is 6.20 Å². The molecule has 0 amide bonds. The maximum atomic E-state index is 12.1. The summed E-state index contributed by atoms with van der Waals surface area (Å²) in [5.74, 6) is -0.110. The molecule has 1 heterocycles. The van der Waals surface area contributed by atoms with Crippen LogP contribution in [-0.2, 0) is 7.05 Å². The average Bonchev–Trinajstić information content (AvgIpc) is 2.67. The van der Waals surface area contributed by atoms with Gasteiger partial charge in [-0.15, -0.1) is 5.10 Å². The van der Waals surface area contributed by atoms with Crippen molar-refractivity contribution >= 4 is 37.6 Å². The third-order valence-electron chi connectivity index (χ3n) is 2.12. The fourth-order valence-electron chi connectivity index (χ4n) is 1.30. The van der Waals surface area contributed by atoms with Crippen molar-refractivity contribution in [3.63, 3.8) is 0 Å². The second-order valence-corrected chi connectivity index (χ2v) is 4.97. The van der Waals surface area contributed by atoms with Crippen LogP contribution in [0.1, 0.15) is 16.1 Å². The van der Waals surface area contributed by atoms with Gasteiger partial charge in [-0.1, -0.05) is 37.1 Å². The van der Waals surface area contributed by atoms with Crippen LogP contribution < -0.4 is 0 Å². The summed E-state index contributed by atoms with van der Waals surface area (Å²) in [6.45, 7) is 0. The molecule has 0 aliphatic heterocycles. The number of halogens is 2. The molecular weight excluding hydrogens is 338 g/mol. The molecular formula is C10H7Br2N3O. The standard InChI is InChI=1S/C10H7Br2N3O/c1-15-9(5-13-14-15)10(16)7-4-6(11)2-3-8(7)12/h2-5H,1H3. The van der Waals surface area contributed by atoms with Crippen molar-refractivity contribution in [1.82, 2.24) is 15.0 Å². The Bertz CT molecular complexity index is 551. The number of rotatable bonds is 2. The molecule has 16 heavy (non-hydrogen) atoms. The Labute approximate surface area is 109 Å². The highest BCUT2D eigenvalue weighted by Gasteiger charge is 2.16. The van der Waals surface area contributed by atoms with Crippen LogP contribution in [0, 0.1) is 0 Å². The van der Waals surface area contributed by atoms with Crippen LogP contribution in [0.3, 0.4) is 0 Å². The Kier molecular flexibility index (Phi) is 3.20. The largest absolute Gasteiger partial charge is 0.287 e. The molecule has 1 aromatic heterocycles. The summed E-state index contributed by atoms with van der Waals surface area (Å²) in [7, 11) is 1.69. The van der Waals surface area contributed by atoms with E-state index < -0.39 is 0 Å². The smallest absolute Gasteiger partial charge is 0.213 e. The molecule has 6 heteroatoms. The normalized spacial score (nSPS) is 10.4. The molecule has 0 N–H and O–H groups in total. The first-order chi connectivity index (χ1) is 7.59. The van der Waals surface area contributed by atoms with Gasteiger partial charge in [-0.25, -0.2) is 4.68 Å². The predicted molar refractivity (Wildman–Crippen MR) is 66.3 cm³/mol. The van der Waals surface area contributed by atoms with E-state index in [1.54, 1.807) is 13.1 Å². The number of aromatic nitrogens is 3. The summed E-state index contributed by atoms with van der Waals surface area (Å²) in [6, 6.07) is 5.45. The van der Waals surface area contributed by atoms with Crippen LogP contribution in [-0.4, -0.2) is 20.8 Å². The van der Waals surface area contributed by atoms with E-state index in [9.17, 15) is 4.79 Å². The Morgan fingerprint density at radius 3 is 2.75 bits per heavy atom. The number of carbonyl (C=O) groups is 1. The average molecular weight is 345 g/mol. The second kappa shape index (κ2) is 4.47. The lowest BCUT2D eigenvalue weighted by molar-refractivity contribution is 0.102. The predicted octanol–water partition coefficient (Wildman–Crippen LogP) is 2.57. The zero-order valence-electron chi connectivity index (χ0n) is 8.32. The quantitative estimate of drug-likeness (QED) is 0.787. The van der Waals surface area contributed by atoms with E-state index in [0.717, 1.165) is 8.95 Å². The Morgan fingerprint density at radius 1 is 1.38 bits per heavy atom. The molecule has 0 aliphatic rings. The van der Waals surface area contributed by atoms with Crippen molar-refractivity contribution in [2.45, 2.75) is 0 Å². The maximum absolute atomic E-state index is 12.1. The minimum atomic E-state index is -0.110. The van der Waals surface area contributed by atoms with E-state index in [2.05, 4.69) is 42.2 Å². The number of ketones is 1. The molecule has 0 spiro atoms. The summed E-state index contributed by atoms with van der Waals surface area (Å²) in [4.78, 5) is 12.1. The fraction of sp³-hybridized carbons (Fsp3) is 0.100. The Morgan fingerprint density at radius 2 is 2.12 bits per heavy atom. The molecule has 0 atom stereocenters. The van der Waals surface area contributed by atoms with Gasteiger partial charge in [0.2, 0.25) is 5.78 Å². The number of benzene rings is 1. The van der Waals surface area contributed by atoms with Gasteiger partial charge in [-0.05, 0) is 18.2 Å². The molecule has 82 valence electrons. The van der Waals surface area contributed by atoms with Gasteiger partial charge >= 0.3 is 0 Å². The molecule has 0 radical (unpaired) electrons. The summed E-state index contributed by atoms with van der Waals surface area (Å²) in [5.41, 5.74) is 1.04. The van der Waals surface area contributed by atoms with E-state index in [4.69, 9.17) is 0 Å². The number of carbonyl (C=O) groups excluding carboxylic acids is 1. The molecule has 0 bridgehead atoms. The minimum absolute atomic E-state index is 0.110. The van der Waals surface area contributed by atoms with E-state index in [1.165, 1.54) is 10.9 Å². The Balaban J connectivity index is 2.49. The van der Waals surface area contributed by atoms with Crippen molar-refractivity contribution in [1.29, 1.82) is 0 Å². The van der Waals surface area contributed by atoms with E-state index >= 15 is 0 Å². The van der Waals surface area contributed by atoms with E-state index in [0.29, 0.717) is 11.3 Å². The lowest BCUT2D eigenvalue weighted by Crippen LogP contribution is -2.08. The van der Waals surface area contributed by atoms with Gasteiger partial charge in [-0.3, -0.25) is 4.79 Å². The van der Waals surface area contributed by atoms with Gasteiger partial charge in [0.15, 0.2) is 0 Å². The summed E-state index contributed by atoms with van der Waals surface area (Å²) in [5, 5.41) is 7.42. The first-order valence-corrected chi connectivity index (χ1v) is 6.02. The third-order valence-corrected chi connectivity index (χ3v) is 3.30. The zero-order valence-corrected chi connectivity index (χ0v) is 11.5. The number of aryl methyl sites for hydroxylation is 1. The molecule has 0 fully saturated rings. The lowest BCUT2D eigenvalue weighted by Gasteiger charge is -2.03. The SMILES string of the molecule is Cn1nncc1C(=O)c1cc(Br)ccc1Br. The second-order valence-electron chi connectivity index (χ2n) is 3.20. The number of nitrogens with zero attached hydrogens (tertiary/aromatic N) is 3. The first kappa shape index (κ1) is 11.5. The molecule has 0 aliphatic carbocycles. The van der Waals surface area contributed by atoms with Crippen molar-refractivity contribution in [3.8, 4) is 0 Å². The number of hydrogen-bond donors (Lipinski definition) is 0. The van der Waals surface area contributed by atoms with Crippen LogP contribution in [0.15, 0.2) is 33.3 Å². The van der Waals surface area contributed by atoms with Crippen molar-refractivity contribution in [3.05, 3.63) is 44.6 Å². The molecule has 2 rings (SSSR count). The topological polar surface area (TPSA) is 47.8 Å². The Hall–Kier alpha value is -1.01. The van der Waals surface area contributed by atoms with E-state index in [-0.39, 0.29) is 5.78 Å². The van der Waals surface area contributed by atoms with Gasteiger partial charge < -0.3 is 0 Å². The lowest BCUT2D eigenvalue weighted by atomic mass is 10.1. The highest BCUT2D eigenvalue weighted by atomic mass is 79.9. The highest BCUT2D eigenvalue weighted by molar-refractivity contribution is 9.11. The van der Waals surface area contributed by atoms with Crippen molar-refractivity contribution in [2.75, 3.05) is 0 Å². The minimum Gasteiger partial charge on any atom is -0.287 e. The molecule has 0 unspecified atom stereocenters. The first-order valence-electron chi connectivity index (χ1n) is 4.44. The van der Waals surface area contributed by atoms with Gasteiger partial charge in [0, 0.05) is 21.6 Å². The molecule has 0 saturated heterocycles. The zero-order chi connectivity index (χ0) is 11.7. The third kappa shape index (κ3) is 2.08. The molecule has 2 aromatic rings. The summed E-state index contributed by atoms with van der Waals surface area (Å²) >= 11 is 6.68. The molecule has 4 nitrogen and oxygen atoms in total. The van der Waals surface area contributed by atoms with Crippen LogP contribution in [0.4, 0.5) is 0 Å². The van der Waals surface area contributed by atoms with Crippen LogP contribution in [0.25, 0.3) is 0 Å². The van der Waals surface area contributed by atoms with Crippen molar-refractivity contribution in [2.24, 2.45) is 7.05 Å². The van der Waals surface area contributed by atoms with E-state index in [1.807, 2.05) is 12.1 Å². The van der Waals surface area contributed by atoms with Crippen LogP contribution in [0.2, 0.25) is 0 Å². The molecule has 1 aromatic carbocycles. The number of hydrogen-bond acceptors (Lipinski definition) is 3. The monoisotopic (exact) mass is 343 g/mol. The molecule has 0 saturated carbocycles. The highest BCUT2D eigenvalue weighted by Crippen LogP contribution is 2.23. The van der Waals surface area contributed by atoms with Gasteiger partial charge in [0.1, 0.15) is 5.69 Å². The summed E-state index contributed by atoms with van der Waals surface area (Å²) < 4.78 is 3.06. The van der Waals surface area contributed by atoms with Crippen LogP contribution >= 0.6 is 31.9 Å².